The summed E-state index contributed by atoms with van der Waals surface area (Å²) in [5.74, 6) is -1.33. The number of pyridine rings is 1. The van der Waals surface area contributed by atoms with Crippen molar-refractivity contribution in [3.05, 3.63) is 79.5 Å². The van der Waals surface area contributed by atoms with Crippen molar-refractivity contribution in [1.29, 1.82) is 0 Å². The molecule has 170 valence electrons. The Bertz CT molecular complexity index is 1410. The lowest BCUT2D eigenvalue weighted by Crippen LogP contribution is -2.28. The van der Waals surface area contributed by atoms with Crippen LogP contribution in [0.1, 0.15) is 17.3 Å². The lowest BCUT2D eigenvalue weighted by atomic mass is 10.1. The van der Waals surface area contributed by atoms with Gasteiger partial charge in [0.2, 0.25) is 0 Å². The fraction of sp³-hybridized carbons (Fsp3) is 0.174. The van der Waals surface area contributed by atoms with Crippen LogP contribution < -0.4 is 5.56 Å². The van der Waals surface area contributed by atoms with Crippen LogP contribution in [0.15, 0.2) is 53.3 Å². The summed E-state index contributed by atoms with van der Waals surface area (Å²) in [4.78, 5) is 24.9. The van der Waals surface area contributed by atoms with E-state index >= 15 is 0 Å². The molecule has 0 amide bonds. The molecule has 2 aromatic heterocycles. The normalized spacial score (nSPS) is 11.3. The molecule has 0 atom stereocenters. The zero-order valence-corrected chi connectivity index (χ0v) is 19.7. The standard InChI is InChI=1S/C23H18Cl3N3O4/c1-2-33-10-9-28-21-16(12-17(22(28)30)23(31)32)20(13-3-5-14(24)6-4-13)29(27-21)19-8-7-15(25)11-18(19)26/h3-8,11-12H,2,9-10H2,1H3,(H,31,32). The van der Waals surface area contributed by atoms with Gasteiger partial charge in [-0.2, -0.15) is 0 Å². The van der Waals surface area contributed by atoms with Gasteiger partial charge in [-0.1, -0.05) is 46.9 Å². The number of carboxylic acids is 1. The molecular weight excluding hydrogens is 489 g/mol. The van der Waals surface area contributed by atoms with Gasteiger partial charge in [-0.05, 0) is 43.3 Å². The maximum Gasteiger partial charge on any atom is 0.341 e. The lowest BCUT2D eigenvalue weighted by Gasteiger charge is -2.10. The van der Waals surface area contributed by atoms with Crippen LogP contribution in [0.2, 0.25) is 15.1 Å². The predicted molar refractivity (Wildman–Crippen MR) is 129 cm³/mol. The van der Waals surface area contributed by atoms with E-state index in [9.17, 15) is 14.7 Å². The molecule has 0 spiro atoms. The highest BCUT2D eigenvalue weighted by molar-refractivity contribution is 6.35. The Kier molecular flexibility index (Phi) is 6.76. The lowest BCUT2D eigenvalue weighted by molar-refractivity contribution is 0.0694. The Morgan fingerprint density at radius 2 is 1.76 bits per heavy atom. The van der Waals surface area contributed by atoms with Crippen LogP contribution in [0.5, 0.6) is 0 Å². The molecule has 4 aromatic rings. The molecule has 1 N–H and O–H groups in total. The third kappa shape index (κ3) is 4.50. The molecular formula is C23H18Cl3N3O4. The van der Waals surface area contributed by atoms with E-state index < -0.39 is 11.5 Å². The Labute approximate surface area is 203 Å². The highest BCUT2D eigenvalue weighted by atomic mass is 35.5. The topological polar surface area (TPSA) is 86.4 Å². The molecule has 2 heterocycles. The van der Waals surface area contributed by atoms with Crippen molar-refractivity contribution in [3.63, 3.8) is 0 Å². The first kappa shape index (κ1) is 23.3. The average Bonchev–Trinajstić information content (AvgIpc) is 3.14. The third-order valence-corrected chi connectivity index (χ3v) is 5.86. The minimum Gasteiger partial charge on any atom is -0.477 e. The molecule has 2 aromatic carbocycles. The van der Waals surface area contributed by atoms with Gasteiger partial charge in [0.25, 0.3) is 5.56 Å². The van der Waals surface area contributed by atoms with Gasteiger partial charge < -0.3 is 9.84 Å². The summed E-state index contributed by atoms with van der Waals surface area (Å²) in [6, 6.07) is 13.3. The first-order valence-corrected chi connectivity index (χ1v) is 11.1. The smallest absolute Gasteiger partial charge is 0.341 e. The maximum absolute atomic E-state index is 13.0. The number of benzene rings is 2. The zero-order valence-electron chi connectivity index (χ0n) is 17.4. The number of halogens is 3. The van der Waals surface area contributed by atoms with Crippen LogP contribution in [0.4, 0.5) is 0 Å². The summed E-state index contributed by atoms with van der Waals surface area (Å²) in [5, 5.41) is 16.2. The molecule has 33 heavy (non-hydrogen) atoms. The zero-order chi connectivity index (χ0) is 23.7. The van der Waals surface area contributed by atoms with E-state index in [-0.39, 0.29) is 18.7 Å². The monoisotopic (exact) mass is 505 g/mol. The van der Waals surface area contributed by atoms with E-state index in [4.69, 9.17) is 39.5 Å². The maximum atomic E-state index is 13.0. The summed E-state index contributed by atoms with van der Waals surface area (Å²) in [6.45, 7) is 2.65. The molecule has 0 radical (unpaired) electrons. The van der Waals surface area contributed by atoms with E-state index in [1.807, 2.05) is 6.92 Å². The van der Waals surface area contributed by atoms with E-state index in [0.29, 0.717) is 49.7 Å². The molecule has 0 bridgehead atoms. The first-order chi connectivity index (χ1) is 15.8. The highest BCUT2D eigenvalue weighted by Gasteiger charge is 2.23. The average molecular weight is 507 g/mol. The van der Waals surface area contributed by atoms with Gasteiger partial charge in [0.05, 0.1) is 29.6 Å². The number of carbonyl (C=O) groups is 1. The number of carboxylic acid groups (broad SMARTS) is 1. The van der Waals surface area contributed by atoms with Crippen molar-refractivity contribution in [2.24, 2.45) is 0 Å². The van der Waals surface area contributed by atoms with Gasteiger partial charge in [0, 0.05) is 27.6 Å². The Balaban J connectivity index is 2.10. The molecule has 0 aliphatic rings. The number of hydrogen-bond acceptors (Lipinski definition) is 4. The Morgan fingerprint density at radius 3 is 2.39 bits per heavy atom. The number of rotatable bonds is 7. The van der Waals surface area contributed by atoms with Gasteiger partial charge in [-0.25, -0.2) is 9.48 Å². The second kappa shape index (κ2) is 9.57. The molecule has 0 saturated carbocycles. The second-order valence-corrected chi connectivity index (χ2v) is 8.40. The van der Waals surface area contributed by atoms with Crippen LogP contribution >= 0.6 is 34.8 Å². The third-order valence-electron chi connectivity index (χ3n) is 5.07. The van der Waals surface area contributed by atoms with E-state index in [1.165, 1.54) is 10.6 Å². The fourth-order valence-corrected chi connectivity index (χ4v) is 4.19. The predicted octanol–water partition coefficient (Wildman–Crippen LogP) is 5.55. The van der Waals surface area contributed by atoms with E-state index in [2.05, 4.69) is 5.10 Å². The van der Waals surface area contributed by atoms with Gasteiger partial charge in [0.15, 0.2) is 5.65 Å². The molecule has 0 unspecified atom stereocenters. The second-order valence-electron chi connectivity index (χ2n) is 7.12. The quantitative estimate of drug-likeness (QED) is 0.332. The minimum absolute atomic E-state index is 0.135. The van der Waals surface area contributed by atoms with Gasteiger partial charge in [-0.3, -0.25) is 9.36 Å². The van der Waals surface area contributed by atoms with Crippen LogP contribution in [-0.2, 0) is 11.3 Å². The molecule has 10 heteroatoms. The van der Waals surface area contributed by atoms with Crippen LogP contribution in [0, 0.1) is 0 Å². The molecule has 7 nitrogen and oxygen atoms in total. The van der Waals surface area contributed by atoms with Crippen molar-refractivity contribution < 1.29 is 14.6 Å². The summed E-state index contributed by atoms with van der Waals surface area (Å²) in [7, 11) is 0. The van der Waals surface area contributed by atoms with Crippen molar-refractivity contribution in [3.8, 4) is 16.9 Å². The largest absolute Gasteiger partial charge is 0.477 e. The highest BCUT2D eigenvalue weighted by Crippen LogP contribution is 2.34. The van der Waals surface area contributed by atoms with E-state index in [0.717, 1.165) is 0 Å². The van der Waals surface area contributed by atoms with Gasteiger partial charge in [0.1, 0.15) is 5.56 Å². The van der Waals surface area contributed by atoms with Crippen molar-refractivity contribution in [1.82, 2.24) is 14.3 Å². The fourth-order valence-electron chi connectivity index (χ4n) is 3.57. The van der Waals surface area contributed by atoms with Crippen LogP contribution in [0.25, 0.3) is 28.0 Å². The van der Waals surface area contributed by atoms with Crippen molar-refractivity contribution in [2.45, 2.75) is 13.5 Å². The summed E-state index contributed by atoms with van der Waals surface area (Å²) in [6.07, 6.45) is 0. The molecule has 0 aliphatic carbocycles. The number of ether oxygens (including phenoxy) is 1. The number of hydrogen-bond donors (Lipinski definition) is 1. The summed E-state index contributed by atoms with van der Waals surface area (Å²) in [5.41, 5.74) is 1.06. The van der Waals surface area contributed by atoms with Crippen LogP contribution in [-0.4, -0.2) is 38.6 Å². The molecule has 0 aliphatic heterocycles. The number of aromatic nitrogens is 3. The SMILES string of the molecule is CCOCCn1c(=O)c(C(=O)O)cc2c(-c3ccc(Cl)cc3)n(-c3ccc(Cl)cc3Cl)nc21. The molecule has 4 rings (SSSR count). The van der Waals surface area contributed by atoms with E-state index in [1.54, 1.807) is 47.1 Å². The Morgan fingerprint density at radius 1 is 1.06 bits per heavy atom. The number of nitrogens with zero attached hydrogens (tertiary/aromatic N) is 3. The summed E-state index contributed by atoms with van der Waals surface area (Å²) < 4.78 is 8.29. The van der Waals surface area contributed by atoms with Crippen molar-refractivity contribution >= 4 is 51.8 Å². The van der Waals surface area contributed by atoms with Gasteiger partial charge >= 0.3 is 5.97 Å². The molecule has 0 fully saturated rings. The van der Waals surface area contributed by atoms with Gasteiger partial charge in [-0.15, -0.1) is 5.10 Å². The summed E-state index contributed by atoms with van der Waals surface area (Å²) >= 11 is 18.6. The van der Waals surface area contributed by atoms with Crippen LogP contribution in [0.3, 0.4) is 0 Å². The Hall–Kier alpha value is -2.84. The van der Waals surface area contributed by atoms with Crippen molar-refractivity contribution in [2.75, 3.05) is 13.2 Å². The minimum atomic E-state index is -1.33. The number of aromatic carboxylic acids is 1. The number of fused-ring (bicyclic) bond motifs is 1. The molecule has 0 saturated heterocycles. The first-order valence-electron chi connectivity index (χ1n) is 10.0.